The summed E-state index contributed by atoms with van der Waals surface area (Å²) in [6, 6.07) is 6.70. The zero-order valence-corrected chi connectivity index (χ0v) is 15.9. The molecule has 1 saturated heterocycles. The van der Waals surface area contributed by atoms with E-state index in [4.69, 9.17) is 17.0 Å². The van der Waals surface area contributed by atoms with Gasteiger partial charge < -0.3 is 10.1 Å². The summed E-state index contributed by atoms with van der Waals surface area (Å²) < 4.78 is 34.2. The number of anilines is 1. The molecule has 0 bridgehead atoms. The molecule has 1 aliphatic rings. The number of rotatable bonds is 2. The van der Waals surface area contributed by atoms with E-state index in [-0.39, 0.29) is 11.4 Å². The second kappa shape index (κ2) is 6.52. The maximum absolute atomic E-state index is 14.7. The van der Waals surface area contributed by atoms with Crippen LogP contribution >= 0.6 is 12.2 Å². The molecule has 2 rings (SSSR count). The smallest absolute Gasteiger partial charge is 0.412 e. The van der Waals surface area contributed by atoms with Crippen LogP contribution in [0.2, 0.25) is 0 Å². The zero-order chi connectivity index (χ0) is 19.0. The van der Waals surface area contributed by atoms with Crippen LogP contribution in [0.25, 0.3) is 0 Å². The fourth-order valence-corrected chi connectivity index (χ4v) is 2.97. The Morgan fingerprint density at radius 3 is 2.64 bits per heavy atom. The highest BCUT2D eigenvalue weighted by Crippen LogP contribution is 2.39. The van der Waals surface area contributed by atoms with Gasteiger partial charge in [0.15, 0.2) is 5.67 Å². The van der Waals surface area contributed by atoms with Gasteiger partial charge in [-0.05, 0) is 52.3 Å². The molecule has 1 aromatic carbocycles. The summed E-state index contributed by atoms with van der Waals surface area (Å²) in [5, 5.41) is 5.42. The molecule has 138 valence electrons. The van der Waals surface area contributed by atoms with E-state index in [1.807, 2.05) is 0 Å². The summed E-state index contributed by atoms with van der Waals surface area (Å²) in [5.74, 6) is 0. The van der Waals surface area contributed by atoms with E-state index in [9.17, 15) is 13.6 Å². The third-order valence-corrected chi connectivity index (χ3v) is 4.67. The molecule has 1 amide bonds. The fraction of sp³-hybridized carbons (Fsp3) is 0.556. The summed E-state index contributed by atoms with van der Waals surface area (Å²) in [4.78, 5) is 11.9. The lowest BCUT2D eigenvalue weighted by molar-refractivity contribution is 0.0636. The minimum atomic E-state index is -1.87. The van der Waals surface area contributed by atoms with Gasteiger partial charge in [0.05, 0.1) is 5.54 Å². The highest BCUT2D eigenvalue weighted by molar-refractivity contribution is 7.80. The third kappa shape index (κ3) is 4.45. The second-order valence-corrected chi connectivity index (χ2v) is 8.14. The number of ether oxygens (including phenoxy) is 1. The third-order valence-electron chi connectivity index (χ3n) is 4.14. The Kier molecular flexibility index (Phi) is 5.10. The van der Waals surface area contributed by atoms with Crippen molar-refractivity contribution in [3.05, 3.63) is 29.8 Å². The molecule has 7 heteroatoms. The van der Waals surface area contributed by atoms with Gasteiger partial charge in [0, 0.05) is 12.1 Å². The zero-order valence-electron chi connectivity index (χ0n) is 15.1. The Labute approximate surface area is 152 Å². The van der Waals surface area contributed by atoms with Crippen LogP contribution in [-0.2, 0) is 10.3 Å². The van der Waals surface area contributed by atoms with E-state index in [0.29, 0.717) is 11.3 Å². The predicted octanol–water partition coefficient (Wildman–Crippen LogP) is 4.64. The quantitative estimate of drug-likeness (QED) is 0.745. The van der Waals surface area contributed by atoms with Crippen LogP contribution in [0.1, 0.15) is 46.6 Å². The van der Waals surface area contributed by atoms with Gasteiger partial charge in [-0.3, -0.25) is 5.32 Å². The van der Waals surface area contributed by atoms with Crippen LogP contribution in [-0.4, -0.2) is 28.5 Å². The van der Waals surface area contributed by atoms with Crippen LogP contribution in [0.4, 0.5) is 19.3 Å². The molecule has 1 aliphatic heterocycles. The molecule has 0 saturated carbocycles. The molecular formula is C18H24F2N2O2S. The number of hydrogen-bond acceptors (Lipinski definition) is 3. The summed E-state index contributed by atoms with van der Waals surface area (Å²) in [7, 11) is 0. The molecule has 0 unspecified atom stereocenters. The number of benzene rings is 1. The molecule has 0 radical (unpaired) electrons. The Hall–Kier alpha value is -1.76. The number of halogens is 2. The summed E-state index contributed by atoms with van der Waals surface area (Å²) in [5.41, 5.74) is -2.65. The topological polar surface area (TPSA) is 50.4 Å². The molecule has 0 aromatic heterocycles. The maximum atomic E-state index is 14.7. The van der Waals surface area contributed by atoms with Crippen LogP contribution < -0.4 is 10.6 Å². The molecule has 3 atom stereocenters. The first kappa shape index (κ1) is 19.6. The van der Waals surface area contributed by atoms with Crippen LogP contribution in [0.3, 0.4) is 0 Å². The Morgan fingerprint density at radius 1 is 1.40 bits per heavy atom. The van der Waals surface area contributed by atoms with E-state index in [0.717, 1.165) is 0 Å². The molecule has 0 aliphatic carbocycles. The Morgan fingerprint density at radius 2 is 2.04 bits per heavy atom. The highest BCUT2D eigenvalue weighted by Gasteiger charge is 2.49. The lowest BCUT2D eigenvalue weighted by Gasteiger charge is -2.44. The molecule has 1 aromatic rings. The van der Waals surface area contributed by atoms with Crippen molar-refractivity contribution in [2.24, 2.45) is 0 Å². The first-order valence-corrected chi connectivity index (χ1v) is 8.50. The van der Waals surface area contributed by atoms with Gasteiger partial charge in [0.25, 0.3) is 0 Å². The minimum Gasteiger partial charge on any atom is -0.444 e. The molecule has 0 spiro atoms. The lowest BCUT2D eigenvalue weighted by Crippen LogP contribution is -2.61. The summed E-state index contributed by atoms with van der Waals surface area (Å²) >= 11 is 5.06. The monoisotopic (exact) mass is 370 g/mol. The molecular weight excluding hydrogens is 346 g/mol. The van der Waals surface area contributed by atoms with E-state index < -0.39 is 29.1 Å². The summed E-state index contributed by atoms with van der Waals surface area (Å²) in [6.45, 7) is 8.19. The fourth-order valence-electron chi connectivity index (χ4n) is 2.67. The molecule has 4 nitrogen and oxygen atoms in total. The maximum Gasteiger partial charge on any atom is 0.412 e. The second-order valence-electron chi connectivity index (χ2n) is 7.73. The van der Waals surface area contributed by atoms with Crippen molar-refractivity contribution in [3.63, 3.8) is 0 Å². The number of carbonyl (C=O) groups is 1. The SMILES string of the molecule is CC(C)(C)OC(=O)Nc1cccc([C@@]2(C)NC(=S)[C@](C)(F)C[C@@H]2F)c1. The number of alkyl halides is 2. The average Bonchev–Trinajstić information content (AvgIpc) is 2.43. The van der Waals surface area contributed by atoms with Gasteiger partial charge in [-0.2, -0.15) is 0 Å². The number of amides is 1. The largest absolute Gasteiger partial charge is 0.444 e. The molecule has 1 heterocycles. The van der Waals surface area contributed by atoms with Gasteiger partial charge in [0.2, 0.25) is 0 Å². The highest BCUT2D eigenvalue weighted by atomic mass is 32.1. The predicted molar refractivity (Wildman–Crippen MR) is 98.4 cm³/mol. The lowest BCUT2D eigenvalue weighted by atomic mass is 9.78. The van der Waals surface area contributed by atoms with Crippen molar-refractivity contribution >= 4 is 29.0 Å². The van der Waals surface area contributed by atoms with Gasteiger partial charge in [-0.25, -0.2) is 13.6 Å². The average molecular weight is 370 g/mol. The molecule has 25 heavy (non-hydrogen) atoms. The van der Waals surface area contributed by atoms with Crippen molar-refractivity contribution in [3.8, 4) is 0 Å². The number of thiocarbonyl (C=S) groups is 1. The molecule has 2 N–H and O–H groups in total. The van der Waals surface area contributed by atoms with Crippen molar-refractivity contribution in [2.75, 3.05) is 5.32 Å². The van der Waals surface area contributed by atoms with Gasteiger partial charge >= 0.3 is 6.09 Å². The van der Waals surface area contributed by atoms with Crippen molar-refractivity contribution in [2.45, 2.75) is 64.0 Å². The minimum absolute atomic E-state index is 0.0191. The van der Waals surface area contributed by atoms with Gasteiger partial charge in [-0.15, -0.1) is 0 Å². The molecule has 1 fully saturated rings. The number of piperidine rings is 1. The Balaban J connectivity index is 2.23. The Bertz CT molecular complexity index is 688. The van der Waals surface area contributed by atoms with E-state index in [1.54, 1.807) is 52.0 Å². The van der Waals surface area contributed by atoms with E-state index >= 15 is 0 Å². The number of hydrogen-bond donors (Lipinski definition) is 2. The van der Waals surface area contributed by atoms with Crippen LogP contribution in [0.5, 0.6) is 0 Å². The van der Waals surface area contributed by atoms with Gasteiger partial charge in [-0.1, -0.05) is 24.4 Å². The van der Waals surface area contributed by atoms with E-state index in [2.05, 4.69) is 10.6 Å². The van der Waals surface area contributed by atoms with Crippen molar-refractivity contribution in [1.82, 2.24) is 5.32 Å². The first-order chi connectivity index (χ1) is 11.3. The summed E-state index contributed by atoms with van der Waals surface area (Å²) in [6.07, 6.45) is -2.40. The van der Waals surface area contributed by atoms with Crippen LogP contribution in [0, 0.1) is 0 Å². The van der Waals surface area contributed by atoms with Crippen molar-refractivity contribution < 1.29 is 18.3 Å². The standard InChI is InChI=1S/C18H24F2N2O2S/c1-16(2,3)24-15(23)21-12-8-6-7-11(9-12)18(5)13(19)10-17(4,20)14(25)22-18/h6-9,13H,10H2,1-5H3,(H,21,23)(H,22,25)/t13-,17+,18+/m0/s1. The number of nitrogens with one attached hydrogen (secondary N) is 2. The number of carbonyl (C=O) groups excluding carboxylic acids is 1. The van der Waals surface area contributed by atoms with Gasteiger partial charge in [0.1, 0.15) is 16.8 Å². The first-order valence-electron chi connectivity index (χ1n) is 8.10. The van der Waals surface area contributed by atoms with Crippen molar-refractivity contribution in [1.29, 1.82) is 0 Å². The van der Waals surface area contributed by atoms with E-state index in [1.165, 1.54) is 6.92 Å². The van der Waals surface area contributed by atoms with Crippen LogP contribution in [0.15, 0.2) is 24.3 Å². The normalized spacial score (nSPS) is 29.7.